The Bertz CT molecular complexity index is 1350. The number of nitrogens with zero attached hydrogens (tertiary/aromatic N) is 3. The van der Waals surface area contributed by atoms with Gasteiger partial charge < -0.3 is 15.8 Å². The van der Waals surface area contributed by atoms with Gasteiger partial charge in [0.25, 0.3) is 5.91 Å². The van der Waals surface area contributed by atoms with E-state index in [-0.39, 0.29) is 11.5 Å². The van der Waals surface area contributed by atoms with E-state index in [4.69, 9.17) is 10.5 Å². The number of nitrogens with one attached hydrogen (secondary N) is 1. The van der Waals surface area contributed by atoms with Gasteiger partial charge in [-0.3, -0.25) is 9.59 Å². The fraction of sp³-hybridized carbons (Fsp3) is 0.259. The normalized spacial score (nSPS) is 11.0. The van der Waals surface area contributed by atoms with Gasteiger partial charge in [-0.25, -0.2) is 9.50 Å². The zero-order valence-corrected chi connectivity index (χ0v) is 20.0. The molecule has 0 aliphatic carbocycles. The molecule has 3 N–H and O–H groups in total. The fourth-order valence-corrected chi connectivity index (χ4v) is 4.09. The van der Waals surface area contributed by atoms with Gasteiger partial charge in [-0.15, -0.1) is 0 Å². The molecule has 0 bridgehead atoms. The standard InChI is InChI=1S/C27H29N5O3/c1-18-23(19(2)32-27(31-18)24(15-30-32)26(28)34)12-13-25(33)29-14-21-10-6-7-11-22(21)17-35-16-20-8-4-3-5-9-20/h3-11,15H,12-14,16-17H2,1-2H3,(H2,28,34)(H,29,33). The lowest BCUT2D eigenvalue weighted by Gasteiger charge is -2.13. The zero-order chi connectivity index (χ0) is 24.8. The number of nitrogens with two attached hydrogens (primary N) is 1. The summed E-state index contributed by atoms with van der Waals surface area (Å²) in [4.78, 5) is 28.7. The monoisotopic (exact) mass is 471 g/mol. The summed E-state index contributed by atoms with van der Waals surface area (Å²) in [6.07, 6.45) is 2.25. The first kappa shape index (κ1) is 24.1. The molecule has 0 radical (unpaired) electrons. The van der Waals surface area contributed by atoms with Crippen LogP contribution in [0.1, 0.15) is 50.4 Å². The largest absolute Gasteiger partial charge is 0.372 e. The molecule has 8 nitrogen and oxygen atoms in total. The predicted molar refractivity (Wildman–Crippen MR) is 133 cm³/mol. The second kappa shape index (κ2) is 10.9. The van der Waals surface area contributed by atoms with E-state index < -0.39 is 5.91 Å². The highest BCUT2D eigenvalue weighted by atomic mass is 16.5. The van der Waals surface area contributed by atoms with Crippen LogP contribution in [-0.2, 0) is 35.7 Å². The minimum absolute atomic E-state index is 0.0535. The number of amides is 2. The maximum absolute atomic E-state index is 12.6. The molecule has 0 unspecified atom stereocenters. The van der Waals surface area contributed by atoms with E-state index in [1.165, 1.54) is 6.20 Å². The minimum atomic E-state index is -0.566. The summed E-state index contributed by atoms with van der Waals surface area (Å²) in [5.41, 5.74) is 11.9. The summed E-state index contributed by atoms with van der Waals surface area (Å²) in [5, 5.41) is 7.25. The van der Waals surface area contributed by atoms with Crippen molar-refractivity contribution in [2.24, 2.45) is 5.73 Å². The van der Waals surface area contributed by atoms with Crippen LogP contribution >= 0.6 is 0 Å². The smallest absolute Gasteiger partial charge is 0.254 e. The molecule has 2 aromatic heterocycles. The van der Waals surface area contributed by atoms with E-state index in [2.05, 4.69) is 15.4 Å². The van der Waals surface area contributed by atoms with Crippen molar-refractivity contribution in [2.45, 2.75) is 46.4 Å². The van der Waals surface area contributed by atoms with Crippen molar-refractivity contribution in [1.29, 1.82) is 0 Å². The van der Waals surface area contributed by atoms with Crippen LogP contribution in [0.25, 0.3) is 5.65 Å². The van der Waals surface area contributed by atoms with Gasteiger partial charge in [0.05, 0.1) is 19.4 Å². The van der Waals surface area contributed by atoms with Crippen LogP contribution in [0.2, 0.25) is 0 Å². The predicted octanol–water partition coefficient (Wildman–Crippen LogP) is 3.41. The quantitative estimate of drug-likeness (QED) is 0.368. The SMILES string of the molecule is Cc1nc2c(C(N)=O)cnn2c(C)c1CCC(=O)NCc1ccccc1COCc1ccccc1. The molecule has 180 valence electrons. The second-order valence-corrected chi connectivity index (χ2v) is 8.44. The Morgan fingerprint density at radius 1 is 1.00 bits per heavy atom. The number of aryl methyl sites for hydroxylation is 2. The molecule has 2 amide bonds. The molecular weight excluding hydrogens is 442 g/mol. The molecule has 8 heteroatoms. The van der Waals surface area contributed by atoms with Crippen LogP contribution in [0.4, 0.5) is 0 Å². The number of hydrogen-bond donors (Lipinski definition) is 2. The minimum Gasteiger partial charge on any atom is -0.372 e. The van der Waals surface area contributed by atoms with Gasteiger partial charge in [-0.1, -0.05) is 54.6 Å². The molecule has 0 atom stereocenters. The highest BCUT2D eigenvalue weighted by Gasteiger charge is 2.17. The van der Waals surface area contributed by atoms with Crippen molar-refractivity contribution < 1.29 is 14.3 Å². The Balaban J connectivity index is 1.34. The van der Waals surface area contributed by atoms with Crippen LogP contribution in [0, 0.1) is 13.8 Å². The average molecular weight is 472 g/mol. The van der Waals surface area contributed by atoms with Crippen molar-refractivity contribution in [3.8, 4) is 0 Å². The van der Waals surface area contributed by atoms with Crippen LogP contribution in [0.3, 0.4) is 0 Å². The van der Waals surface area contributed by atoms with Gasteiger partial charge in [0, 0.05) is 24.4 Å². The maximum atomic E-state index is 12.6. The van der Waals surface area contributed by atoms with Crippen LogP contribution < -0.4 is 11.1 Å². The molecular formula is C27H29N5O3. The number of carbonyl (C=O) groups is 2. The van der Waals surface area contributed by atoms with E-state index in [1.54, 1.807) is 4.52 Å². The van der Waals surface area contributed by atoms with E-state index in [0.717, 1.165) is 33.6 Å². The third-order valence-electron chi connectivity index (χ3n) is 6.04. The van der Waals surface area contributed by atoms with Crippen molar-refractivity contribution in [3.63, 3.8) is 0 Å². The van der Waals surface area contributed by atoms with Gasteiger partial charge in [0.1, 0.15) is 5.56 Å². The zero-order valence-electron chi connectivity index (χ0n) is 20.0. The fourth-order valence-electron chi connectivity index (χ4n) is 4.09. The first-order chi connectivity index (χ1) is 16.9. The highest BCUT2D eigenvalue weighted by molar-refractivity contribution is 5.98. The number of fused-ring (bicyclic) bond motifs is 1. The molecule has 0 spiro atoms. The van der Waals surface area contributed by atoms with E-state index in [9.17, 15) is 9.59 Å². The number of hydrogen-bond acceptors (Lipinski definition) is 5. The third kappa shape index (κ3) is 5.73. The molecule has 4 rings (SSSR count). The Labute approximate surface area is 204 Å². The summed E-state index contributed by atoms with van der Waals surface area (Å²) in [6.45, 7) is 5.21. The first-order valence-corrected chi connectivity index (χ1v) is 11.5. The molecule has 0 saturated carbocycles. The van der Waals surface area contributed by atoms with Crippen LogP contribution in [0.15, 0.2) is 60.8 Å². The lowest BCUT2D eigenvalue weighted by Crippen LogP contribution is -2.24. The van der Waals surface area contributed by atoms with Gasteiger partial charge in [-0.2, -0.15) is 5.10 Å². The van der Waals surface area contributed by atoms with Crippen LogP contribution in [0.5, 0.6) is 0 Å². The highest BCUT2D eigenvalue weighted by Crippen LogP contribution is 2.18. The first-order valence-electron chi connectivity index (χ1n) is 11.5. The second-order valence-electron chi connectivity index (χ2n) is 8.44. The van der Waals surface area contributed by atoms with E-state index >= 15 is 0 Å². The number of rotatable bonds is 10. The Kier molecular flexibility index (Phi) is 7.52. The molecule has 35 heavy (non-hydrogen) atoms. The third-order valence-corrected chi connectivity index (χ3v) is 6.04. The summed E-state index contributed by atoms with van der Waals surface area (Å²) >= 11 is 0. The molecule has 4 aromatic rings. The average Bonchev–Trinajstić information content (AvgIpc) is 3.28. The molecule has 2 aromatic carbocycles. The Hall–Kier alpha value is -4.04. The van der Waals surface area contributed by atoms with Crippen molar-refractivity contribution in [1.82, 2.24) is 19.9 Å². The van der Waals surface area contributed by atoms with Crippen molar-refractivity contribution in [3.05, 3.63) is 100.0 Å². The Morgan fingerprint density at radius 2 is 1.71 bits per heavy atom. The van der Waals surface area contributed by atoms with Crippen molar-refractivity contribution >= 4 is 17.5 Å². The van der Waals surface area contributed by atoms with Crippen molar-refractivity contribution in [2.75, 3.05) is 0 Å². The van der Waals surface area contributed by atoms with Gasteiger partial charge in [0.15, 0.2) is 5.65 Å². The summed E-state index contributed by atoms with van der Waals surface area (Å²) < 4.78 is 7.48. The number of primary amides is 1. The molecule has 2 heterocycles. The molecule has 0 aliphatic rings. The molecule has 0 aliphatic heterocycles. The summed E-state index contributed by atoms with van der Waals surface area (Å²) in [7, 11) is 0. The Morgan fingerprint density at radius 3 is 2.46 bits per heavy atom. The van der Waals surface area contributed by atoms with Crippen LogP contribution in [-0.4, -0.2) is 26.4 Å². The maximum Gasteiger partial charge on any atom is 0.254 e. The number of carbonyl (C=O) groups excluding carboxylic acids is 2. The van der Waals surface area contributed by atoms with Gasteiger partial charge in [-0.05, 0) is 42.5 Å². The number of benzene rings is 2. The van der Waals surface area contributed by atoms with Gasteiger partial charge in [0.2, 0.25) is 5.91 Å². The van der Waals surface area contributed by atoms with E-state index in [0.29, 0.717) is 38.2 Å². The topological polar surface area (TPSA) is 112 Å². The number of ether oxygens (including phenoxy) is 1. The summed E-state index contributed by atoms with van der Waals surface area (Å²) in [5.74, 6) is -0.619. The number of aromatic nitrogens is 3. The lowest BCUT2D eigenvalue weighted by molar-refractivity contribution is -0.121. The lowest BCUT2D eigenvalue weighted by atomic mass is 10.1. The summed E-state index contributed by atoms with van der Waals surface area (Å²) in [6, 6.07) is 18.0. The van der Waals surface area contributed by atoms with Gasteiger partial charge >= 0.3 is 0 Å². The van der Waals surface area contributed by atoms with E-state index in [1.807, 2.05) is 68.4 Å². The molecule has 0 saturated heterocycles. The molecule has 0 fully saturated rings.